The molecule has 0 bridgehead atoms. The molecule has 0 nitrogen and oxygen atoms in total. The van der Waals surface area contributed by atoms with Gasteiger partial charge in [-0.3, -0.25) is 0 Å². The van der Waals surface area contributed by atoms with Crippen LogP contribution in [0.15, 0.2) is 41.3 Å². The third-order valence-electron chi connectivity index (χ3n) is 4.42. The first kappa shape index (κ1) is 21.3. The maximum atomic E-state index is 14.1. The van der Waals surface area contributed by atoms with Gasteiger partial charge in [0, 0.05) is 15.2 Å². The molecule has 0 spiro atoms. The van der Waals surface area contributed by atoms with Crippen LogP contribution >= 0.6 is 23.4 Å². The van der Waals surface area contributed by atoms with E-state index in [0.717, 1.165) is 33.9 Å². The Morgan fingerprint density at radius 2 is 1.65 bits per heavy atom. The van der Waals surface area contributed by atoms with Crippen molar-refractivity contribution in [3.8, 4) is 11.1 Å². The van der Waals surface area contributed by atoms with Gasteiger partial charge in [-0.2, -0.15) is 0 Å². The van der Waals surface area contributed by atoms with Crippen LogP contribution in [0.2, 0.25) is 5.02 Å². The van der Waals surface area contributed by atoms with Gasteiger partial charge in [0.05, 0.1) is 0 Å². The maximum absolute atomic E-state index is 14.1. The van der Waals surface area contributed by atoms with Crippen molar-refractivity contribution in [1.82, 2.24) is 0 Å². The average Bonchev–Trinajstić information content (AvgIpc) is 2.58. The zero-order valence-electron chi connectivity index (χ0n) is 16.2. The highest BCUT2D eigenvalue weighted by molar-refractivity contribution is 7.99. The standard InChI is InChI=1S/C23H30ClFS/c1-4-5-6-7-8-9-10-19-13-18(11-12-23(19)24)20-14-21(25)16-22(15-20)26-17(2)3/h11-17H,4-10H2,1-3H3. The normalized spacial score (nSPS) is 11.3. The molecule has 2 aromatic carbocycles. The van der Waals surface area contributed by atoms with Crippen LogP contribution in [0.4, 0.5) is 4.39 Å². The Kier molecular flexibility index (Phi) is 9.01. The average molecular weight is 393 g/mol. The molecular formula is C23H30ClFS. The minimum Gasteiger partial charge on any atom is -0.207 e. The Hall–Kier alpha value is -0.990. The molecule has 0 unspecified atom stereocenters. The summed E-state index contributed by atoms with van der Waals surface area (Å²) in [6, 6.07) is 11.4. The first-order chi connectivity index (χ1) is 12.5. The van der Waals surface area contributed by atoms with E-state index >= 15 is 0 Å². The number of hydrogen-bond donors (Lipinski definition) is 0. The fraction of sp³-hybridized carbons (Fsp3) is 0.478. The predicted molar refractivity (Wildman–Crippen MR) is 115 cm³/mol. The largest absolute Gasteiger partial charge is 0.207 e. The Labute approximate surface area is 167 Å². The van der Waals surface area contributed by atoms with Crippen molar-refractivity contribution < 1.29 is 4.39 Å². The van der Waals surface area contributed by atoms with Crippen molar-refractivity contribution in [2.24, 2.45) is 0 Å². The summed E-state index contributed by atoms with van der Waals surface area (Å²) in [6.45, 7) is 6.48. The molecule has 0 saturated heterocycles. The molecule has 0 radical (unpaired) electrons. The summed E-state index contributed by atoms with van der Waals surface area (Å²) in [5, 5.41) is 1.24. The quantitative estimate of drug-likeness (QED) is 0.288. The Bertz CT molecular complexity index is 697. The number of hydrogen-bond acceptors (Lipinski definition) is 1. The van der Waals surface area contributed by atoms with Crippen LogP contribution in [0.5, 0.6) is 0 Å². The molecule has 2 aromatic rings. The fourth-order valence-electron chi connectivity index (χ4n) is 3.11. The lowest BCUT2D eigenvalue weighted by molar-refractivity contribution is 0.607. The van der Waals surface area contributed by atoms with Gasteiger partial charge < -0.3 is 0 Å². The van der Waals surface area contributed by atoms with E-state index in [2.05, 4.69) is 32.9 Å². The Morgan fingerprint density at radius 1 is 0.923 bits per heavy atom. The second-order valence-electron chi connectivity index (χ2n) is 7.17. The number of halogens is 2. The van der Waals surface area contributed by atoms with E-state index in [4.69, 9.17) is 11.6 Å². The van der Waals surface area contributed by atoms with E-state index < -0.39 is 0 Å². The number of unbranched alkanes of at least 4 members (excludes halogenated alkanes) is 5. The van der Waals surface area contributed by atoms with E-state index in [9.17, 15) is 4.39 Å². The van der Waals surface area contributed by atoms with Gasteiger partial charge in [0.25, 0.3) is 0 Å². The molecule has 0 aliphatic heterocycles. The zero-order chi connectivity index (χ0) is 18.9. The maximum Gasteiger partial charge on any atom is 0.124 e. The summed E-state index contributed by atoms with van der Waals surface area (Å²) < 4.78 is 14.1. The highest BCUT2D eigenvalue weighted by Crippen LogP contribution is 2.31. The molecule has 0 saturated carbocycles. The van der Waals surface area contributed by atoms with Crippen molar-refractivity contribution in [2.75, 3.05) is 0 Å². The second-order valence-corrected chi connectivity index (χ2v) is 9.22. The minimum absolute atomic E-state index is 0.182. The van der Waals surface area contributed by atoms with Gasteiger partial charge in [-0.1, -0.05) is 70.5 Å². The van der Waals surface area contributed by atoms with Gasteiger partial charge in [0.1, 0.15) is 5.82 Å². The smallest absolute Gasteiger partial charge is 0.124 e. The fourth-order valence-corrected chi connectivity index (χ4v) is 4.24. The van der Waals surface area contributed by atoms with E-state index in [1.54, 1.807) is 23.9 Å². The number of aryl methyl sites for hydroxylation is 1. The number of benzene rings is 2. The third kappa shape index (κ3) is 6.96. The van der Waals surface area contributed by atoms with Crippen molar-refractivity contribution in [3.63, 3.8) is 0 Å². The van der Waals surface area contributed by atoms with Gasteiger partial charge in [0.15, 0.2) is 0 Å². The highest BCUT2D eigenvalue weighted by atomic mass is 35.5. The molecule has 142 valence electrons. The van der Waals surface area contributed by atoms with E-state index in [0.29, 0.717) is 5.25 Å². The van der Waals surface area contributed by atoms with Gasteiger partial charge in [-0.25, -0.2) is 4.39 Å². The summed E-state index contributed by atoms with van der Waals surface area (Å²) in [5.41, 5.74) is 3.14. The summed E-state index contributed by atoms with van der Waals surface area (Å²) >= 11 is 8.09. The molecule has 0 aromatic heterocycles. The van der Waals surface area contributed by atoms with Gasteiger partial charge in [0.2, 0.25) is 0 Å². The van der Waals surface area contributed by atoms with E-state index in [1.165, 1.54) is 37.7 Å². The Morgan fingerprint density at radius 3 is 2.38 bits per heavy atom. The SMILES string of the molecule is CCCCCCCCc1cc(-c2cc(F)cc(SC(C)C)c2)ccc1Cl. The minimum atomic E-state index is -0.182. The van der Waals surface area contributed by atoms with Crippen LogP contribution in [0, 0.1) is 5.82 Å². The van der Waals surface area contributed by atoms with Crippen LogP contribution in [0.1, 0.15) is 64.9 Å². The van der Waals surface area contributed by atoms with Crippen LogP contribution in [0.3, 0.4) is 0 Å². The lowest BCUT2D eigenvalue weighted by Crippen LogP contribution is -1.91. The molecule has 3 heteroatoms. The predicted octanol–water partition coefficient (Wildman–Crippen LogP) is 8.55. The summed E-state index contributed by atoms with van der Waals surface area (Å²) in [5.74, 6) is -0.182. The molecule has 0 heterocycles. The van der Waals surface area contributed by atoms with E-state index in [1.807, 2.05) is 12.1 Å². The van der Waals surface area contributed by atoms with Crippen molar-refractivity contribution >= 4 is 23.4 Å². The first-order valence-electron chi connectivity index (χ1n) is 9.75. The molecule has 26 heavy (non-hydrogen) atoms. The molecule has 0 fully saturated rings. The summed E-state index contributed by atoms with van der Waals surface area (Å²) in [7, 11) is 0. The number of rotatable bonds is 10. The first-order valence-corrected chi connectivity index (χ1v) is 11.0. The van der Waals surface area contributed by atoms with Crippen molar-refractivity contribution in [1.29, 1.82) is 0 Å². The molecule has 0 aliphatic rings. The molecular weight excluding hydrogens is 363 g/mol. The van der Waals surface area contributed by atoms with Crippen LogP contribution in [-0.2, 0) is 6.42 Å². The van der Waals surface area contributed by atoms with Crippen LogP contribution < -0.4 is 0 Å². The van der Waals surface area contributed by atoms with Crippen LogP contribution in [-0.4, -0.2) is 5.25 Å². The van der Waals surface area contributed by atoms with Gasteiger partial charge in [-0.15, -0.1) is 11.8 Å². The van der Waals surface area contributed by atoms with Crippen molar-refractivity contribution in [3.05, 3.63) is 52.8 Å². The van der Waals surface area contributed by atoms with Crippen LogP contribution in [0.25, 0.3) is 11.1 Å². The topological polar surface area (TPSA) is 0 Å². The Balaban J connectivity index is 2.09. The monoisotopic (exact) mass is 392 g/mol. The molecule has 0 N–H and O–H groups in total. The molecule has 0 amide bonds. The summed E-state index contributed by atoms with van der Waals surface area (Å²) in [6.07, 6.45) is 8.61. The molecule has 0 aliphatic carbocycles. The zero-order valence-corrected chi connectivity index (χ0v) is 17.7. The second kappa shape index (κ2) is 11.0. The molecule has 2 rings (SSSR count). The summed E-state index contributed by atoms with van der Waals surface area (Å²) in [4.78, 5) is 0.974. The third-order valence-corrected chi connectivity index (χ3v) is 5.77. The van der Waals surface area contributed by atoms with Crippen molar-refractivity contribution in [2.45, 2.75) is 75.9 Å². The molecule has 0 atom stereocenters. The number of thioether (sulfide) groups is 1. The highest BCUT2D eigenvalue weighted by Gasteiger charge is 2.08. The van der Waals surface area contributed by atoms with Gasteiger partial charge >= 0.3 is 0 Å². The lowest BCUT2D eigenvalue weighted by atomic mass is 9.99. The lowest BCUT2D eigenvalue weighted by Gasteiger charge is -2.11. The van der Waals surface area contributed by atoms with Gasteiger partial charge in [-0.05, 0) is 59.9 Å². The van der Waals surface area contributed by atoms with E-state index in [-0.39, 0.29) is 5.82 Å².